The van der Waals surface area contributed by atoms with Crippen molar-refractivity contribution in [2.24, 2.45) is 0 Å². The first-order valence-corrected chi connectivity index (χ1v) is 7.77. The summed E-state index contributed by atoms with van der Waals surface area (Å²) in [5, 5.41) is 5.35. The van der Waals surface area contributed by atoms with E-state index in [0.717, 1.165) is 6.42 Å². The van der Waals surface area contributed by atoms with Crippen LogP contribution in [-0.4, -0.2) is 30.6 Å². The highest BCUT2D eigenvalue weighted by atomic mass is 35.5. The van der Waals surface area contributed by atoms with E-state index in [9.17, 15) is 14.4 Å². The van der Waals surface area contributed by atoms with Crippen LogP contribution in [0.5, 0.6) is 0 Å². The van der Waals surface area contributed by atoms with E-state index in [0.29, 0.717) is 15.6 Å². The second kappa shape index (κ2) is 9.37. The van der Waals surface area contributed by atoms with Gasteiger partial charge in [0, 0.05) is 6.04 Å². The number of urea groups is 1. The van der Waals surface area contributed by atoms with Crippen molar-refractivity contribution in [1.29, 1.82) is 0 Å². The molecule has 0 aliphatic heterocycles. The molecule has 126 valence electrons. The summed E-state index contributed by atoms with van der Waals surface area (Å²) >= 11 is 11.6. The molecule has 0 bridgehead atoms. The van der Waals surface area contributed by atoms with Crippen LogP contribution in [0.2, 0.25) is 10.0 Å². The first kappa shape index (κ1) is 19.3. The average Bonchev–Trinajstić information content (AvgIpc) is 2.48. The number of halogens is 2. The molecule has 0 aliphatic rings. The highest BCUT2D eigenvalue weighted by Crippen LogP contribution is 2.22. The fourth-order valence-electron chi connectivity index (χ4n) is 1.54. The first-order valence-electron chi connectivity index (χ1n) is 7.01. The van der Waals surface area contributed by atoms with Crippen LogP contribution in [0.25, 0.3) is 0 Å². The van der Waals surface area contributed by atoms with E-state index in [1.165, 1.54) is 0 Å². The van der Waals surface area contributed by atoms with Gasteiger partial charge >= 0.3 is 12.0 Å². The fourth-order valence-corrected chi connectivity index (χ4v) is 1.86. The number of benzene rings is 1. The molecule has 3 amide bonds. The van der Waals surface area contributed by atoms with Crippen LogP contribution in [0.3, 0.4) is 0 Å². The van der Waals surface area contributed by atoms with Crippen molar-refractivity contribution in [2.75, 3.05) is 6.61 Å². The summed E-state index contributed by atoms with van der Waals surface area (Å²) in [6.07, 6.45) is 0.684. The third-order valence-electron chi connectivity index (χ3n) is 2.94. The van der Waals surface area contributed by atoms with Gasteiger partial charge in [0.05, 0.1) is 16.5 Å². The Morgan fingerprint density at radius 2 is 1.91 bits per heavy atom. The second-order valence-corrected chi connectivity index (χ2v) is 5.73. The predicted molar refractivity (Wildman–Crippen MR) is 87.6 cm³/mol. The quantitative estimate of drug-likeness (QED) is 0.763. The fraction of sp³-hybridized carbons (Fsp3) is 0.400. The van der Waals surface area contributed by atoms with Gasteiger partial charge in [0.15, 0.2) is 6.61 Å². The Morgan fingerprint density at radius 1 is 1.22 bits per heavy atom. The standard InChI is InChI=1S/C15H18Cl2N2O4/c1-3-9(2)18-15(22)19-13(20)8-23-14(21)7-10-4-5-11(16)12(17)6-10/h4-6,9H,3,7-8H2,1-2H3,(H2,18,19,20,22)/t9-/m0/s1. The largest absolute Gasteiger partial charge is 0.455 e. The van der Waals surface area contributed by atoms with E-state index in [4.69, 9.17) is 27.9 Å². The van der Waals surface area contributed by atoms with Crippen molar-refractivity contribution < 1.29 is 19.1 Å². The smallest absolute Gasteiger partial charge is 0.321 e. The monoisotopic (exact) mass is 360 g/mol. The Bertz CT molecular complexity index is 593. The van der Waals surface area contributed by atoms with Crippen molar-refractivity contribution in [2.45, 2.75) is 32.7 Å². The lowest BCUT2D eigenvalue weighted by Crippen LogP contribution is -2.44. The Morgan fingerprint density at radius 3 is 2.52 bits per heavy atom. The van der Waals surface area contributed by atoms with E-state index in [-0.39, 0.29) is 12.5 Å². The van der Waals surface area contributed by atoms with Crippen molar-refractivity contribution in [1.82, 2.24) is 10.6 Å². The zero-order valence-corrected chi connectivity index (χ0v) is 14.3. The number of imide groups is 1. The maximum atomic E-state index is 11.6. The molecule has 6 nitrogen and oxygen atoms in total. The number of ether oxygens (including phenoxy) is 1. The van der Waals surface area contributed by atoms with Crippen LogP contribution in [-0.2, 0) is 20.7 Å². The normalized spacial score (nSPS) is 11.5. The van der Waals surface area contributed by atoms with Gasteiger partial charge in [-0.05, 0) is 31.0 Å². The number of carbonyl (C=O) groups excluding carboxylic acids is 3. The summed E-state index contributed by atoms with van der Waals surface area (Å²) in [7, 11) is 0. The molecule has 0 saturated carbocycles. The minimum Gasteiger partial charge on any atom is -0.455 e. The van der Waals surface area contributed by atoms with Crippen LogP contribution < -0.4 is 10.6 Å². The molecular formula is C15H18Cl2N2O4. The highest BCUT2D eigenvalue weighted by molar-refractivity contribution is 6.42. The molecule has 1 atom stereocenters. The van der Waals surface area contributed by atoms with Crippen molar-refractivity contribution in [3.8, 4) is 0 Å². The van der Waals surface area contributed by atoms with E-state index >= 15 is 0 Å². The lowest BCUT2D eigenvalue weighted by molar-refractivity contribution is -0.147. The van der Waals surface area contributed by atoms with E-state index in [1.54, 1.807) is 25.1 Å². The van der Waals surface area contributed by atoms with Crippen molar-refractivity contribution in [3.63, 3.8) is 0 Å². The highest BCUT2D eigenvalue weighted by Gasteiger charge is 2.13. The Hall–Kier alpha value is -1.79. The number of hydrogen-bond donors (Lipinski definition) is 2. The minimum atomic E-state index is -0.701. The number of esters is 1. The third-order valence-corrected chi connectivity index (χ3v) is 3.68. The zero-order valence-electron chi connectivity index (χ0n) is 12.8. The number of hydrogen-bond acceptors (Lipinski definition) is 4. The number of nitrogens with one attached hydrogen (secondary N) is 2. The molecule has 1 aromatic rings. The van der Waals surface area contributed by atoms with Gasteiger partial charge in [-0.25, -0.2) is 4.79 Å². The van der Waals surface area contributed by atoms with Gasteiger partial charge in [0.2, 0.25) is 0 Å². The molecular weight excluding hydrogens is 343 g/mol. The van der Waals surface area contributed by atoms with Gasteiger partial charge in [0.1, 0.15) is 0 Å². The molecule has 8 heteroatoms. The lowest BCUT2D eigenvalue weighted by Gasteiger charge is -2.11. The molecule has 0 aromatic heterocycles. The number of carbonyl (C=O) groups is 3. The van der Waals surface area contributed by atoms with Gasteiger partial charge in [-0.1, -0.05) is 36.2 Å². The molecule has 1 aromatic carbocycles. The number of amides is 3. The Kier molecular flexibility index (Phi) is 7.85. The molecule has 0 radical (unpaired) electrons. The predicted octanol–water partition coefficient (Wildman–Crippen LogP) is 2.70. The molecule has 2 N–H and O–H groups in total. The summed E-state index contributed by atoms with van der Waals surface area (Å²) in [5.41, 5.74) is 0.610. The Balaban J connectivity index is 2.36. The Labute approximate surface area is 144 Å². The zero-order chi connectivity index (χ0) is 17.4. The molecule has 0 heterocycles. The lowest BCUT2D eigenvalue weighted by atomic mass is 10.1. The van der Waals surface area contributed by atoms with E-state index in [1.807, 2.05) is 6.92 Å². The van der Waals surface area contributed by atoms with Crippen molar-refractivity contribution >= 4 is 41.1 Å². The molecule has 0 fully saturated rings. The van der Waals surface area contributed by atoms with Crippen LogP contribution >= 0.6 is 23.2 Å². The van der Waals surface area contributed by atoms with E-state index in [2.05, 4.69) is 10.6 Å². The molecule has 0 saturated heterocycles. The molecule has 0 aliphatic carbocycles. The summed E-state index contributed by atoms with van der Waals surface area (Å²) in [6, 6.07) is 4.07. The van der Waals surface area contributed by atoms with Gasteiger partial charge in [-0.3, -0.25) is 14.9 Å². The molecule has 23 heavy (non-hydrogen) atoms. The van der Waals surface area contributed by atoms with Crippen LogP contribution in [0.15, 0.2) is 18.2 Å². The van der Waals surface area contributed by atoms with Crippen molar-refractivity contribution in [3.05, 3.63) is 33.8 Å². The van der Waals surface area contributed by atoms with Crippen LogP contribution in [0.1, 0.15) is 25.8 Å². The van der Waals surface area contributed by atoms with Gasteiger partial charge in [-0.2, -0.15) is 0 Å². The second-order valence-electron chi connectivity index (χ2n) is 4.92. The summed E-state index contributed by atoms with van der Waals surface area (Å²) in [4.78, 5) is 34.6. The van der Waals surface area contributed by atoms with Crippen LogP contribution in [0, 0.1) is 0 Å². The topological polar surface area (TPSA) is 84.5 Å². The number of rotatable bonds is 6. The summed E-state index contributed by atoms with van der Waals surface area (Å²) in [5.74, 6) is -1.31. The first-order chi connectivity index (χ1) is 10.8. The molecule has 0 spiro atoms. The maximum absolute atomic E-state index is 11.6. The molecule has 0 unspecified atom stereocenters. The summed E-state index contributed by atoms with van der Waals surface area (Å²) in [6.45, 7) is 3.17. The molecule has 1 rings (SSSR count). The maximum Gasteiger partial charge on any atom is 0.321 e. The van der Waals surface area contributed by atoms with Crippen LogP contribution in [0.4, 0.5) is 4.79 Å². The van der Waals surface area contributed by atoms with Gasteiger partial charge in [0.25, 0.3) is 5.91 Å². The SMILES string of the molecule is CC[C@H](C)NC(=O)NC(=O)COC(=O)Cc1ccc(Cl)c(Cl)c1. The average molecular weight is 361 g/mol. The summed E-state index contributed by atoms with van der Waals surface area (Å²) < 4.78 is 4.80. The minimum absolute atomic E-state index is 0.0523. The van der Waals surface area contributed by atoms with Gasteiger partial charge in [-0.15, -0.1) is 0 Å². The van der Waals surface area contributed by atoms with Gasteiger partial charge < -0.3 is 10.1 Å². The third kappa shape index (κ3) is 7.34. The van der Waals surface area contributed by atoms with E-state index < -0.39 is 24.5 Å².